The molecule has 0 fully saturated rings. The number of ether oxygens (including phenoxy) is 1. The average molecular weight is 305 g/mol. The van der Waals surface area contributed by atoms with Crippen LogP contribution in [0.25, 0.3) is 0 Å². The van der Waals surface area contributed by atoms with Gasteiger partial charge in [-0.15, -0.1) is 0 Å². The largest absolute Gasteiger partial charge is 0.464 e. The minimum absolute atomic E-state index is 0.0226. The van der Waals surface area contributed by atoms with Gasteiger partial charge in [0.05, 0.1) is 6.61 Å². The van der Waals surface area contributed by atoms with Gasteiger partial charge in [0.15, 0.2) is 0 Å². The van der Waals surface area contributed by atoms with E-state index in [2.05, 4.69) is 0 Å². The van der Waals surface area contributed by atoms with Gasteiger partial charge in [-0.2, -0.15) is 0 Å². The lowest BCUT2D eigenvalue weighted by atomic mass is 10.00. The van der Waals surface area contributed by atoms with Gasteiger partial charge in [0, 0.05) is 12.5 Å². The van der Waals surface area contributed by atoms with E-state index in [-0.39, 0.29) is 17.8 Å². The molecular formula is C18H27NO3. The molecule has 0 aliphatic heterocycles. The zero-order chi connectivity index (χ0) is 16.5. The van der Waals surface area contributed by atoms with Gasteiger partial charge < -0.3 is 9.64 Å². The lowest BCUT2D eigenvalue weighted by Crippen LogP contribution is -2.46. The van der Waals surface area contributed by atoms with Crippen molar-refractivity contribution in [2.75, 3.05) is 6.61 Å². The standard InChI is InChI=1S/C18H27NO3/c1-5-16(6-2)17(20)19(14(4)18(21)22-7-3)13-15-11-9-8-10-12-15/h8-12,14,16H,5-7,13H2,1-4H3. The number of hydrogen-bond acceptors (Lipinski definition) is 3. The van der Waals surface area contributed by atoms with Crippen LogP contribution in [0.5, 0.6) is 0 Å². The lowest BCUT2D eigenvalue weighted by molar-refractivity contribution is -0.156. The Kier molecular flexibility index (Phi) is 7.64. The molecular weight excluding hydrogens is 278 g/mol. The van der Waals surface area contributed by atoms with E-state index in [0.717, 1.165) is 18.4 Å². The fourth-order valence-electron chi connectivity index (χ4n) is 2.45. The topological polar surface area (TPSA) is 46.6 Å². The molecule has 122 valence electrons. The Bertz CT molecular complexity index is 468. The molecule has 1 aromatic carbocycles. The Morgan fingerprint density at radius 1 is 1.09 bits per heavy atom. The third-order valence-electron chi connectivity index (χ3n) is 3.91. The fourth-order valence-corrected chi connectivity index (χ4v) is 2.45. The van der Waals surface area contributed by atoms with Crippen molar-refractivity contribution < 1.29 is 14.3 Å². The van der Waals surface area contributed by atoms with Crippen molar-refractivity contribution >= 4 is 11.9 Å². The van der Waals surface area contributed by atoms with Gasteiger partial charge in [-0.1, -0.05) is 44.2 Å². The van der Waals surface area contributed by atoms with E-state index < -0.39 is 6.04 Å². The van der Waals surface area contributed by atoms with Crippen LogP contribution in [-0.4, -0.2) is 29.4 Å². The van der Waals surface area contributed by atoms with Gasteiger partial charge in [0.2, 0.25) is 5.91 Å². The van der Waals surface area contributed by atoms with Crippen molar-refractivity contribution in [1.29, 1.82) is 0 Å². The molecule has 0 aliphatic carbocycles. The summed E-state index contributed by atoms with van der Waals surface area (Å²) in [7, 11) is 0. The Balaban J connectivity index is 2.98. The van der Waals surface area contributed by atoms with Crippen molar-refractivity contribution in [3.8, 4) is 0 Å². The molecule has 22 heavy (non-hydrogen) atoms. The number of nitrogens with zero attached hydrogens (tertiary/aromatic N) is 1. The monoisotopic (exact) mass is 305 g/mol. The van der Waals surface area contributed by atoms with Crippen LogP contribution in [-0.2, 0) is 20.9 Å². The Morgan fingerprint density at radius 3 is 2.18 bits per heavy atom. The van der Waals surface area contributed by atoms with Crippen LogP contribution in [0.3, 0.4) is 0 Å². The second kappa shape index (κ2) is 9.23. The van der Waals surface area contributed by atoms with Crippen molar-refractivity contribution in [2.45, 2.75) is 53.1 Å². The van der Waals surface area contributed by atoms with Crippen LogP contribution in [0.15, 0.2) is 30.3 Å². The molecule has 1 atom stereocenters. The first-order chi connectivity index (χ1) is 10.5. The summed E-state index contributed by atoms with van der Waals surface area (Å²) in [5.74, 6) is -0.382. The molecule has 0 aromatic heterocycles. The maximum Gasteiger partial charge on any atom is 0.328 e. The van der Waals surface area contributed by atoms with Gasteiger partial charge in [0.1, 0.15) is 6.04 Å². The van der Waals surface area contributed by atoms with E-state index in [1.165, 1.54) is 0 Å². The average Bonchev–Trinajstić information content (AvgIpc) is 2.54. The lowest BCUT2D eigenvalue weighted by Gasteiger charge is -2.31. The molecule has 0 N–H and O–H groups in total. The first-order valence-electron chi connectivity index (χ1n) is 8.06. The maximum atomic E-state index is 12.8. The molecule has 0 aliphatic rings. The molecule has 0 radical (unpaired) electrons. The number of benzene rings is 1. The number of hydrogen-bond donors (Lipinski definition) is 0. The van der Waals surface area contributed by atoms with E-state index in [9.17, 15) is 9.59 Å². The predicted molar refractivity (Wildman–Crippen MR) is 87.2 cm³/mol. The first-order valence-corrected chi connectivity index (χ1v) is 8.06. The number of rotatable bonds is 8. The van der Waals surface area contributed by atoms with Crippen LogP contribution in [0, 0.1) is 5.92 Å². The highest BCUT2D eigenvalue weighted by Gasteiger charge is 2.30. The second-order valence-corrected chi connectivity index (χ2v) is 5.39. The Labute approximate surface area is 133 Å². The highest BCUT2D eigenvalue weighted by Crippen LogP contribution is 2.18. The quantitative estimate of drug-likeness (QED) is 0.692. The zero-order valence-electron chi connectivity index (χ0n) is 14.0. The summed E-state index contributed by atoms with van der Waals surface area (Å²) in [6.07, 6.45) is 1.55. The summed E-state index contributed by atoms with van der Waals surface area (Å²) in [4.78, 5) is 26.5. The normalized spacial score (nSPS) is 12.0. The fraction of sp³-hybridized carbons (Fsp3) is 0.556. The van der Waals surface area contributed by atoms with Crippen LogP contribution in [0.4, 0.5) is 0 Å². The third-order valence-corrected chi connectivity index (χ3v) is 3.91. The molecule has 0 saturated carbocycles. The molecule has 1 unspecified atom stereocenters. The van der Waals surface area contributed by atoms with Gasteiger partial charge in [-0.05, 0) is 32.3 Å². The molecule has 0 saturated heterocycles. The summed E-state index contributed by atoms with van der Waals surface area (Å²) in [6.45, 7) is 8.26. The van der Waals surface area contributed by atoms with E-state index in [0.29, 0.717) is 13.2 Å². The zero-order valence-corrected chi connectivity index (χ0v) is 14.0. The van der Waals surface area contributed by atoms with Crippen molar-refractivity contribution in [1.82, 2.24) is 4.90 Å². The van der Waals surface area contributed by atoms with Gasteiger partial charge in [-0.25, -0.2) is 4.79 Å². The summed E-state index contributed by atoms with van der Waals surface area (Å²) in [5.41, 5.74) is 1.01. The smallest absolute Gasteiger partial charge is 0.328 e. The van der Waals surface area contributed by atoms with Crippen LogP contribution in [0.1, 0.15) is 46.1 Å². The van der Waals surface area contributed by atoms with Gasteiger partial charge in [0.25, 0.3) is 0 Å². The molecule has 1 aromatic rings. The van der Waals surface area contributed by atoms with Crippen LogP contribution >= 0.6 is 0 Å². The van der Waals surface area contributed by atoms with E-state index in [1.807, 2.05) is 44.2 Å². The highest BCUT2D eigenvalue weighted by molar-refractivity contribution is 5.85. The van der Waals surface area contributed by atoms with Crippen LogP contribution < -0.4 is 0 Å². The highest BCUT2D eigenvalue weighted by atomic mass is 16.5. The minimum Gasteiger partial charge on any atom is -0.464 e. The van der Waals surface area contributed by atoms with Crippen molar-refractivity contribution in [2.24, 2.45) is 5.92 Å². The number of amides is 1. The van der Waals surface area contributed by atoms with Gasteiger partial charge in [-0.3, -0.25) is 4.79 Å². The van der Waals surface area contributed by atoms with E-state index in [1.54, 1.807) is 18.7 Å². The summed E-state index contributed by atoms with van der Waals surface area (Å²) < 4.78 is 5.09. The number of esters is 1. The first kappa shape index (κ1) is 18.2. The molecule has 0 spiro atoms. The number of carbonyl (C=O) groups excluding carboxylic acids is 2. The van der Waals surface area contributed by atoms with E-state index in [4.69, 9.17) is 4.74 Å². The molecule has 0 bridgehead atoms. The summed E-state index contributed by atoms with van der Waals surface area (Å²) >= 11 is 0. The maximum absolute atomic E-state index is 12.8. The predicted octanol–water partition coefficient (Wildman–Crippen LogP) is 3.40. The molecule has 4 heteroatoms. The molecule has 1 amide bonds. The Morgan fingerprint density at radius 2 is 1.68 bits per heavy atom. The Hall–Kier alpha value is -1.84. The van der Waals surface area contributed by atoms with Crippen molar-refractivity contribution in [3.63, 3.8) is 0 Å². The summed E-state index contributed by atoms with van der Waals surface area (Å²) in [6, 6.07) is 9.16. The van der Waals surface area contributed by atoms with E-state index >= 15 is 0 Å². The summed E-state index contributed by atoms with van der Waals surface area (Å²) in [5, 5.41) is 0. The molecule has 0 heterocycles. The number of carbonyl (C=O) groups is 2. The van der Waals surface area contributed by atoms with Gasteiger partial charge >= 0.3 is 5.97 Å². The third kappa shape index (κ3) is 4.86. The molecule has 4 nitrogen and oxygen atoms in total. The minimum atomic E-state index is -0.576. The SMILES string of the molecule is CCOC(=O)C(C)N(Cc1ccccc1)C(=O)C(CC)CC. The second-order valence-electron chi connectivity index (χ2n) is 5.39. The van der Waals surface area contributed by atoms with Crippen molar-refractivity contribution in [3.05, 3.63) is 35.9 Å². The van der Waals surface area contributed by atoms with Crippen LogP contribution in [0.2, 0.25) is 0 Å². The molecule has 1 rings (SSSR count).